The highest BCUT2D eigenvalue weighted by atomic mass is 35.5. The zero-order valence-electron chi connectivity index (χ0n) is 10.3. The second-order valence-corrected chi connectivity index (χ2v) is 5.31. The fourth-order valence-electron chi connectivity index (χ4n) is 1.87. The topological polar surface area (TPSA) is 24.9 Å². The van der Waals surface area contributed by atoms with Crippen LogP contribution in [-0.2, 0) is 0 Å². The third-order valence-electron chi connectivity index (χ3n) is 2.83. The molecule has 2 nitrogen and oxygen atoms in total. The normalized spacial score (nSPS) is 12.2. The summed E-state index contributed by atoms with van der Waals surface area (Å²) in [5.74, 6) is 0. The highest BCUT2D eigenvalue weighted by Gasteiger charge is 2.14. The predicted octanol–water partition coefficient (Wildman–Crippen LogP) is 5.61. The fourth-order valence-corrected chi connectivity index (χ4v) is 2.58. The summed E-state index contributed by atoms with van der Waals surface area (Å²) in [6.07, 6.45) is 2.52. The van der Waals surface area contributed by atoms with Crippen LogP contribution >= 0.6 is 34.8 Å². The van der Waals surface area contributed by atoms with Crippen molar-refractivity contribution in [3.05, 3.63) is 57.3 Å². The Morgan fingerprint density at radius 2 is 2.00 bits per heavy atom. The standard InChI is InChI=1S/C14H13Cl3N2/c1-2-12(10-6-5-9(15)8-11(10)16)19-13-4-3-7-18-14(13)17/h3-8,12,19H,2H2,1H3. The van der Waals surface area contributed by atoms with Gasteiger partial charge >= 0.3 is 0 Å². The van der Waals surface area contributed by atoms with Gasteiger partial charge in [0.25, 0.3) is 0 Å². The van der Waals surface area contributed by atoms with Crippen molar-refractivity contribution >= 4 is 40.5 Å². The van der Waals surface area contributed by atoms with Crippen LogP contribution in [0.5, 0.6) is 0 Å². The lowest BCUT2D eigenvalue weighted by Gasteiger charge is -2.20. The van der Waals surface area contributed by atoms with Crippen LogP contribution in [0.25, 0.3) is 0 Å². The van der Waals surface area contributed by atoms with Crippen LogP contribution in [0.3, 0.4) is 0 Å². The van der Waals surface area contributed by atoms with Crippen LogP contribution in [0.15, 0.2) is 36.5 Å². The van der Waals surface area contributed by atoms with E-state index in [1.165, 1.54) is 0 Å². The first-order valence-electron chi connectivity index (χ1n) is 5.93. The molecule has 100 valence electrons. The summed E-state index contributed by atoms with van der Waals surface area (Å²) in [6, 6.07) is 9.29. The minimum absolute atomic E-state index is 0.0615. The quantitative estimate of drug-likeness (QED) is 0.742. The summed E-state index contributed by atoms with van der Waals surface area (Å²) >= 11 is 18.2. The second-order valence-electron chi connectivity index (χ2n) is 4.11. The van der Waals surface area contributed by atoms with Gasteiger partial charge in [-0.1, -0.05) is 47.8 Å². The maximum Gasteiger partial charge on any atom is 0.152 e. The Bertz CT molecular complexity index is 572. The van der Waals surface area contributed by atoms with Gasteiger partial charge in [-0.2, -0.15) is 0 Å². The summed E-state index contributed by atoms with van der Waals surface area (Å²) in [5, 5.41) is 5.07. The molecule has 2 aromatic rings. The monoisotopic (exact) mass is 314 g/mol. The van der Waals surface area contributed by atoms with Gasteiger partial charge in [0, 0.05) is 16.2 Å². The average molecular weight is 316 g/mol. The van der Waals surface area contributed by atoms with Gasteiger partial charge in [0.05, 0.1) is 11.7 Å². The molecule has 0 bridgehead atoms. The smallest absolute Gasteiger partial charge is 0.152 e. The number of rotatable bonds is 4. The van der Waals surface area contributed by atoms with E-state index in [-0.39, 0.29) is 6.04 Å². The number of aromatic nitrogens is 1. The van der Waals surface area contributed by atoms with Gasteiger partial charge in [0.1, 0.15) is 0 Å². The maximum atomic E-state index is 6.24. The molecule has 1 aromatic heterocycles. The second kappa shape index (κ2) is 6.47. The van der Waals surface area contributed by atoms with Gasteiger partial charge in [-0.25, -0.2) is 4.98 Å². The number of nitrogens with one attached hydrogen (secondary N) is 1. The molecule has 0 saturated heterocycles. The molecule has 1 heterocycles. The van der Waals surface area contributed by atoms with Crippen molar-refractivity contribution in [2.75, 3.05) is 5.32 Å². The van der Waals surface area contributed by atoms with E-state index in [4.69, 9.17) is 34.8 Å². The van der Waals surface area contributed by atoms with E-state index in [0.717, 1.165) is 17.7 Å². The highest BCUT2D eigenvalue weighted by molar-refractivity contribution is 6.35. The lowest BCUT2D eigenvalue weighted by Crippen LogP contribution is -2.10. The first kappa shape index (κ1) is 14.4. The van der Waals surface area contributed by atoms with Gasteiger partial charge < -0.3 is 5.32 Å². The number of pyridine rings is 1. The lowest BCUT2D eigenvalue weighted by molar-refractivity contribution is 0.749. The first-order valence-corrected chi connectivity index (χ1v) is 7.07. The third kappa shape index (κ3) is 3.53. The highest BCUT2D eigenvalue weighted by Crippen LogP contribution is 2.31. The van der Waals surface area contributed by atoms with Crippen molar-refractivity contribution < 1.29 is 0 Å². The van der Waals surface area contributed by atoms with Gasteiger partial charge in [-0.05, 0) is 36.2 Å². The molecule has 0 fully saturated rings. The zero-order chi connectivity index (χ0) is 13.8. The largest absolute Gasteiger partial charge is 0.376 e. The molecule has 1 N–H and O–H groups in total. The number of halogens is 3. The van der Waals surface area contributed by atoms with Crippen LogP contribution in [0.4, 0.5) is 5.69 Å². The Labute approximate surface area is 127 Å². The predicted molar refractivity (Wildman–Crippen MR) is 82.4 cm³/mol. The molecule has 0 aliphatic rings. The molecule has 0 radical (unpaired) electrons. The van der Waals surface area contributed by atoms with Crippen molar-refractivity contribution in [1.82, 2.24) is 4.98 Å². The summed E-state index contributed by atoms with van der Waals surface area (Å²) in [7, 11) is 0. The fraction of sp³-hybridized carbons (Fsp3) is 0.214. The van der Waals surface area contributed by atoms with Crippen molar-refractivity contribution in [1.29, 1.82) is 0 Å². The Hall–Kier alpha value is -0.960. The average Bonchev–Trinajstić information content (AvgIpc) is 2.39. The molecule has 0 aliphatic heterocycles. The van der Waals surface area contributed by atoms with Crippen molar-refractivity contribution in [2.24, 2.45) is 0 Å². The number of anilines is 1. The van der Waals surface area contributed by atoms with Crippen LogP contribution in [0.1, 0.15) is 24.9 Å². The third-order valence-corrected chi connectivity index (χ3v) is 3.70. The Morgan fingerprint density at radius 3 is 2.63 bits per heavy atom. The molecule has 1 atom stereocenters. The Kier molecular flexibility index (Phi) is 4.92. The van der Waals surface area contributed by atoms with E-state index < -0.39 is 0 Å². The van der Waals surface area contributed by atoms with Gasteiger partial charge in [0.15, 0.2) is 5.15 Å². The minimum atomic E-state index is 0.0615. The molecule has 0 amide bonds. The number of benzene rings is 1. The Morgan fingerprint density at radius 1 is 1.21 bits per heavy atom. The van der Waals surface area contributed by atoms with E-state index in [2.05, 4.69) is 17.2 Å². The zero-order valence-corrected chi connectivity index (χ0v) is 12.6. The van der Waals surface area contributed by atoms with Crippen LogP contribution in [0, 0.1) is 0 Å². The summed E-state index contributed by atoms with van der Waals surface area (Å²) in [4.78, 5) is 4.05. The molecule has 0 saturated carbocycles. The van der Waals surface area contributed by atoms with E-state index in [0.29, 0.717) is 15.2 Å². The minimum Gasteiger partial charge on any atom is -0.376 e. The van der Waals surface area contributed by atoms with E-state index in [1.807, 2.05) is 24.3 Å². The van der Waals surface area contributed by atoms with Crippen molar-refractivity contribution in [3.8, 4) is 0 Å². The molecule has 19 heavy (non-hydrogen) atoms. The molecule has 2 rings (SSSR count). The maximum absolute atomic E-state index is 6.24. The van der Waals surface area contributed by atoms with E-state index >= 15 is 0 Å². The molecule has 0 spiro atoms. The van der Waals surface area contributed by atoms with Crippen LogP contribution in [0.2, 0.25) is 15.2 Å². The van der Waals surface area contributed by atoms with E-state index in [1.54, 1.807) is 12.3 Å². The summed E-state index contributed by atoms with van der Waals surface area (Å²) in [6.45, 7) is 2.08. The summed E-state index contributed by atoms with van der Waals surface area (Å²) in [5.41, 5.74) is 1.79. The van der Waals surface area contributed by atoms with Crippen LogP contribution in [-0.4, -0.2) is 4.98 Å². The summed E-state index contributed by atoms with van der Waals surface area (Å²) < 4.78 is 0. The first-order chi connectivity index (χ1) is 9.11. The molecule has 0 aliphatic carbocycles. The number of nitrogens with zero attached hydrogens (tertiary/aromatic N) is 1. The van der Waals surface area contributed by atoms with Crippen molar-refractivity contribution in [2.45, 2.75) is 19.4 Å². The molecular formula is C14H13Cl3N2. The van der Waals surface area contributed by atoms with Crippen molar-refractivity contribution in [3.63, 3.8) is 0 Å². The van der Waals surface area contributed by atoms with Gasteiger partial charge in [-0.15, -0.1) is 0 Å². The lowest BCUT2D eigenvalue weighted by atomic mass is 10.0. The molecule has 5 heteroatoms. The SMILES string of the molecule is CCC(Nc1cccnc1Cl)c1ccc(Cl)cc1Cl. The van der Waals surface area contributed by atoms with Gasteiger partial charge in [0.2, 0.25) is 0 Å². The number of hydrogen-bond donors (Lipinski definition) is 1. The molecule has 1 aromatic carbocycles. The molecule has 1 unspecified atom stereocenters. The number of hydrogen-bond acceptors (Lipinski definition) is 2. The molecular weight excluding hydrogens is 303 g/mol. The van der Waals surface area contributed by atoms with Gasteiger partial charge in [-0.3, -0.25) is 0 Å². The Balaban J connectivity index is 2.28. The van der Waals surface area contributed by atoms with Crippen LogP contribution < -0.4 is 5.32 Å². The van der Waals surface area contributed by atoms with E-state index in [9.17, 15) is 0 Å².